The second-order valence-electron chi connectivity index (χ2n) is 8.00. The van der Waals surface area contributed by atoms with Gasteiger partial charge in [-0.15, -0.1) is 0 Å². The highest BCUT2D eigenvalue weighted by Gasteiger charge is 2.27. The van der Waals surface area contributed by atoms with Gasteiger partial charge in [-0.05, 0) is 48.2 Å². The highest BCUT2D eigenvalue weighted by molar-refractivity contribution is 7.89. The van der Waals surface area contributed by atoms with E-state index in [1.807, 2.05) is 6.07 Å². The number of rotatable bonds is 6. The Morgan fingerprint density at radius 3 is 2.65 bits per heavy atom. The summed E-state index contributed by atoms with van der Waals surface area (Å²) in [7, 11) is -2.14. The molecule has 1 saturated heterocycles. The normalized spacial score (nSPS) is 18.6. The zero-order valence-corrected chi connectivity index (χ0v) is 18.3. The molecule has 4 rings (SSSR count). The maximum Gasteiger partial charge on any atom is 0.243 e. The lowest BCUT2D eigenvalue weighted by molar-refractivity contribution is 0.0172. The Labute approximate surface area is 181 Å². The standard InChI is InChI=1S/C22H27F2N3O3S/c1-26-8-2-3-16-13-17(4-7-20(16)26)21(27-9-11-30-12-10-27)15-25-31(28,29)22-14-18(23)5-6-19(22)24/h4-7,13-14,21,25H,2-3,8-12,15H2,1H3/t21-/m1/s1. The third-order valence-electron chi connectivity index (χ3n) is 5.98. The molecule has 168 valence electrons. The first kappa shape index (κ1) is 22.1. The lowest BCUT2D eigenvalue weighted by atomic mass is 9.96. The summed E-state index contributed by atoms with van der Waals surface area (Å²) >= 11 is 0. The number of morpholine rings is 1. The quantitative estimate of drug-likeness (QED) is 0.732. The molecule has 0 radical (unpaired) electrons. The van der Waals surface area contributed by atoms with Gasteiger partial charge in [-0.3, -0.25) is 4.90 Å². The summed E-state index contributed by atoms with van der Waals surface area (Å²) < 4.78 is 61.0. The number of benzene rings is 2. The fourth-order valence-corrected chi connectivity index (χ4v) is 5.43. The fraction of sp³-hybridized carbons (Fsp3) is 0.455. The minimum absolute atomic E-state index is 0.0485. The average molecular weight is 452 g/mol. The van der Waals surface area contributed by atoms with Gasteiger partial charge in [0, 0.05) is 45.0 Å². The van der Waals surface area contributed by atoms with E-state index in [2.05, 4.69) is 33.7 Å². The van der Waals surface area contributed by atoms with E-state index in [1.54, 1.807) is 0 Å². The molecule has 9 heteroatoms. The van der Waals surface area contributed by atoms with Crippen LogP contribution in [0.5, 0.6) is 0 Å². The van der Waals surface area contributed by atoms with Crippen LogP contribution in [0, 0.1) is 11.6 Å². The number of fused-ring (bicyclic) bond motifs is 1. The highest BCUT2D eigenvalue weighted by Crippen LogP contribution is 2.31. The molecule has 0 saturated carbocycles. The van der Waals surface area contributed by atoms with Gasteiger partial charge >= 0.3 is 0 Å². The van der Waals surface area contributed by atoms with E-state index < -0.39 is 26.6 Å². The van der Waals surface area contributed by atoms with Crippen LogP contribution in [0.1, 0.15) is 23.6 Å². The molecule has 0 aliphatic carbocycles. The molecule has 0 spiro atoms. The number of halogens is 2. The Hall–Kier alpha value is -2.07. The van der Waals surface area contributed by atoms with Gasteiger partial charge in [0.2, 0.25) is 10.0 Å². The third-order valence-corrected chi connectivity index (χ3v) is 7.41. The molecule has 0 aromatic heterocycles. The molecule has 0 unspecified atom stereocenters. The zero-order valence-electron chi connectivity index (χ0n) is 17.5. The first-order chi connectivity index (χ1) is 14.8. The summed E-state index contributed by atoms with van der Waals surface area (Å²) in [5.74, 6) is -1.78. The van der Waals surface area contributed by atoms with E-state index in [0.717, 1.165) is 37.1 Å². The maximum atomic E-state index is 14.1. The monoisotopic (exact) mass is 451 g/mol. The molecule has 2 aliphatic heterocycles. The summed E-state index contributed by atoms with van der Waals surface area (Å²) in [6, 6.07) is 8.43. The Balaban J connectivity index is 1.61. The molecule has 2 heterocycles. The smallest absolute Gasteiger partial charge is 0.243 e. The number of sulfonamides is 1. The van der Waals surface area contributed by atoms with E-state index in [9.17, 15) is 17.2 Å². The van der Waals surface area contributed by atoms with Crippen molar-refractivity contribution in [3.05, 3.63) is 59.2 Å². The molecule has 2 aliphatic rings. The van der Waals surface area contributed by atoms with Crippen molar-refractivity contribution in [3.8, 4) is 0 Å². The molecule has 0 bridgehead atoms. The van der Waals surface area contributed by atoms with E-state index in [0.29, 0.717) is 32.4 Å². The second kappa shape index (κ2) is 9.20. The van der Waals surface area contributed by atoms with Crippen LogP contribution in [0.3, 0.4) is 0 Å². The highest BCUT2D eigenvalue weighted by atomic mass is 32.2. The van der Waals surface area contributed by atoms with Gasteiger partial charge in [-0.25, -0.2) is 21.9 Å². The van der Waals surface area contributed by atoms with E-state index in [-0.39, 0.29) is 12.6 Å². The van der Waals surface area contributed by atoms with Crippen LogP contribution in [-0.2, 0) is 21.2 Å². The zero-order chi connectivity index (χ0) is 22.0. The van der Waals surface area contributed by atoms with Crippen LogP contribution in [0.15, 0.2) is 41.3 Å². The average Bonchev–Trinajstić information content (AvgIpc) is 2.76. The largest absolute Gasteiger partial charge is 0.379 e. The number of aryl methyl sites for hydroxylation is 1. The summed E-state index contributed by atoms with van der Waals surface area (Å²) in [6.07, 6.45) is 2.05. The van der Waals surface area contributed by atoms with Gasteiger partial charge in [0.25, 0.3) is 0 Å². The predicted molar refractivity (Wildman–Crippen MR) is 115 cm³/mol. The molecule has 31 heavy (non-hydrogen) atoms. The minimum atomic E-state index is -4.21. The predicted octanol–water partition coefficient (Wildman–Crippen LogP) is 2.70. The summed E-state index contributed by atoms with van der Waals surface area (Å²) in [4.78, 5) is 3.71. The van der Waals surface area contributed by atoms with Gasteiger partial charge in [-0.2, -0.15) is 0 Å². The van der Waals surface area contributed by atoms with Gasteiger partial charge in [0.05, 0.1) is 13.2 Å². The number of nitrogens with one attached hydrogen (secondary N) is 1. The Morgan fingerprint density at radius 2 is 1.87 bits per heavy atom. The van der Waals surface area contributed by atoms with Crippen LogP contribution in [0.25, 0.3) is 0 Å². The maximum absolute atomic E-state index is 14.1. The van der Waals surface area contributed by atoms with E-state index >= 15 is 0 Å². The lowest BCUT2D eigenvalue weighted by Gasteiger charge is -2.36. The molecule has 2 aromatic carbocycles. The topological polar surface area (TPSA) is 61.9 Å². The molecule has 0 amide bonds. The van der Waals surface area contributed by atoms with Crippen LogP contribution in [0.2, 0.25) is 0 Å². The van der Waals surface area contributed by atoms with E-state index in [1.165, 1.54) is 11.3 Å². The summed E-state index contributed by atoms with van der Waals surface area (Å²) in [6.45, 7) is 3.52. The molecule has 1 N–H and O–H groups in total. The van der Waals surface area contributed by atoms with E-state index in [4.69, 9.17) is 4.74 Å². The van der Waals surface area contributed by atoms with Gasteiger partial charge < -0.3 is 9.64 Å². The number of ether oxygens (including phenoxy) is 1. The van der Waals surface area contributed by atoms with Crippen molar-refractivity contribution in [1.82, 2.24) is 9.62 Å². The SMILES string of the molecule is CN1CCCc2cc([C@@H](CNS(=O)(=O)c3cc(F)ccc3F)N3CCOCC3)ccc21. The van der Waals surface area contributed by atoms with Crippen molar-refractivity contribution in [2.24, 2.45) is 0 Å². The Morgan fingerprint density at radius 1 is 1.10 bits per heavy atom. The number of hydrogen-bond donors (Lipinski definition) is 1. The van der Waals surface area contributed by atoms with Crippen LogP contribution < -0.4 is 9.62 Å². The Kier molecular flexibility index (Phi) is 6.57. The van der Waals surface area contributed by atoms with Gasteiger partial charge in [0.1, 0.15) is 16.5 Å². The lowest BCUT2D eigenvalue weighted by Crippen LogP contribution is -2.44. The van der Waals surface area contributed by atoms with Crippen LogP contribution >= 0.6 is 0 Å². The van der Waals surface area contributed by atoms with Crippen molar-refractivity contribution in [2.45, 2.75) is 23.8 Å². The molecular weight excluding hydrogens is 424 g/mol. The summed E-state index contributed by atoms with van der Waals surface area (Å²) in [5.41, 5.74) is 3.43. The Bertz CT molecular complexity index is 1040. The number of anilines is 1. The molecule has 6 nitrogen and oxygen atoms in total. The fourth-order valence-electron chi connectivity index (χ4n) is 4.31. The summed E-state index contributed by atoms with van der Waals surface area (Å²) in [5, 5.41) is 0. The van der Waals surface area contributed by atoms with Gasteiger partial charge in [-0.1, -0.05) is 12.1 Å². The number of hydrogen-bond acceptors (Lipinski definition) is 5. The van der Waals surface area contributed by atoms with Gasteiger partial charge in [0.15, 0.2) is 0 Å². The second-order valence-corrected chi connectivity index (χ2v) is 9.74. The van der Waals surface area contributed by atoms with Crippen molar-refractivity contribution < 1.29 is 21.9 Å². The first-order valence-corrected chi connectivity index (χ1v) is 11.9. The van der Waals surface area contributed by atoms with Crippen LogP contribution in [-0.4, -0.2) is 59.8 Å². The minimum Gasteiger partial charge on any atom is -0.379 e. The van der Waals surface area contributed by atoms with Crippen molar-refractivity contribution in [1.29, 1.82) is 0 Å². The first-order valence-electron chi connectivity index (χ1n) is 10.5. The van der Waals surface area contributed by atoms with Crippen molar-refractivity contribution >= 4 is 15.7 Å². The molecule has 1 atom stereocenters. The van der Waals surface area contributed by atoms with Crippen molar-refractivity contribution in [2.75, 3.05) is 51.3 Å². The van der Waals surface area contributed by atoms with Crippen molar-refractivity contribution in [3.63, 3.8) is 0 Å². The van der Waals surface area contributed by atoms with Crippen LogP contribution in [0.4, 0.5) is 14.5 Å². The molecule has 1 fully saturated rings. The molecule has 2 aromatic rings. The number of nitrogens with zero attached hydrogens (tertiary/aromatic N) is 2. The molecular formula is C22H27F2N3O3S. The third kappa shape index (κ3) is 4.90.